The number of thiazole rings is 2. The van der Waals surface area contributed by atoms with Crippen molar-refractivity contribution in [2.75, 3.05) is 5.32 Å². The molecule has 1 aromatic carbocycles. The molecule has 0 aliphatic carbocycles. The SMILES string of the molecule is Cc1nc(C)c(-c2csc(Nc3cc(C(N)=O)ccc3O)n2)s1. The van der Waals surface area contributed by atoms with E-state index in [1.165, 1.54) is 29.5 Å². The number of carbonyl (C=O) groups excluding carboxylic acids is 1. The summed E-state index contributed by atoms with van der Waals surface area (Å²) in [5.74, 6) is -0.528. The highest BCUT2D eigenvalue weighted by Crippen LogP contribution is 2.34. The smallest absolute Gasteiger partial charge is 0.248 e. The number of benzene rings is 1. The lowest BCUT2D eigenvalue weighted by Crippen LogP contribution is -2.10. The minimum Gasteiger partial charge on any atom is -0.506 e. The number of hydrogen-bond acceptors (Lipinski definition) is 7. The molecule has 118 valence electrons. The van der Waals surface area contributed by atoms with E-state index in [0.29, 0.717) is 16.4 Å². The fourth-order valence-corrected chi connectivity index (χ4v) is 3.78. The Balaban J connectivity index is 1.89. The van der Waals surface area contributed by atoms with Crippen LogP contribution in [-0.4, -0.2) is 21.0 Å². The number of phenols is 1. The third kappa shape index (κ3) is 3.17. The van der Waals surface area contributed by atoms with Crippen molar-refractivity contribution in [2.24, 2.45) is 5.73 Å². The second-order valence-corrected chi connectivity index (χ2v) is 6.97. The summed E-state index contributed by atoms with van der Waals surface area (Å²) in [6, 6.07) is 4.40. The summed E-state index contributed by atoms with van der Waals surface area (Å²) in [5.41, 5.74) is 7.75. The van der Waals surface area contributed by atoms with E-state index < -0.39 is 5.91 Å². The summed E-state index contributed by atoms with van der Waals surface area (Å²) >= 11 is 3.00. The van der Waals surface area contributed by atoms with Crippen LogP contribution in [-0.2, 0) is 0 Å². The highest BCUT2D eigenvalue weighted by molar-refractivity contribution is 7.16. The van der Waals surface area contributed by atoms with Crippen LogP contribution in [0.25, 0.3) is 10.6 Å². The van der Waals surface area contributed by atoms with Gasteiger partial charge in [-0.2, -0.15) is 0 Å². The van der Waals surface area contributed by atoms with Crippen LogP contribution in [0, 0.1) is 13.8 Å². The first-order chi connectivity index (χ1) is 10.9. The van der Waals surface area contributed by atoms with Gasteiger partial charge in [0.25, 0.3) is 0 Å². The molecule has 8 heteroatoms. The van der Waals surface area contributed by atoms with Gasteiger partial charge in [0.1, 0.15) is 5.75 Å². The molecule has 3 aromatic rings. The fraction of sp³-hybridized carbons (Fsp3) is 0.133. The Hall–Kier alpha value is -2.45. The minimum atomic E-state index is -0.552. The van der Waals surface area contributed by atoms with Crippen molar-refractivity contribution >= 4 is 39.4 Å². The van der Waals surface area contributed by atoms with Gasteiger partial charge in [-0.1, -0.05) is 0 Å². The highest BCUT2D eigenvalue weighted by atomic mass is 32.1. The van der Waals surface area contributed by atoms with Crippen molar-refractivity contribution in [3.05, 3.63) is 39.8 Å². The zero-order valence-corrected chi connectivity index (χ0v) is 14.1. The zero-order valence-electron chi connectivity index (χ0n) is 12.5. The lowest BCUT2D eigenvalue weighted by atomic mass is 10.2. The maximum absolute atomic E-state index is 11.2. The average Bonchev–Trinajstić information content (AvgIpc) is 3.07. The number of aryl methyl sites for hydroxylation is 2. The van der Waals surface area contributed by atoms with E-state index in [2.05, 4.69) is 15.3 Å². The molecule has 0 fully saturated rings. The van der Waals surface area contributed by atoms with Crippen molar-refractivity contribution in [3.8, 4) is 16.3 Å². The van der Waals surface area contributed by atoms with Gasteiger partial charge < -0.3 is 16.2 Å². The standard InChI is InChI=1S/C15H14N4O2S2/c1-7-13(23-8(2)17-7)11-6-22-15(19-11)18-10-5-9(14(16)21)3-4-12(10)20/h3-6,20H,1-2H3,(H2,16,21)(H,18,19). The van der Waals surface area contributed by atoms with E-state index in [4.69, 9.17) is 5.73 Å². The normalized spacial score (nSPS) is 10.7. The van der Waals surface area contributed by atoms with Crippen LogP contribution >= 0.6 is 22.7 Å². The number of aromatic hydroxyl groups is 1. The van der Waals surface area contributed by atoms with Crippen LogP contribution in [0.15, 0.2) is 23.6 Å². The molecule has 1 amide bonds. The van der Waals surface area contributed by atoms with Gasteiger partial charge in [0.05, 0.1) is 27.0 Å². The summed E-state index contributed by atoms with van der Waals surface area (Å²) in [6.07, 6.45) is 0. The molecule has 3 rings (SSSR count). The summed E-state index contributed by atoms with van der Waals surface area (Å²) in [5, 5.41) is 16.5. The molecule has 2 aromatic heterocycles. The molecule has 0 radical (unpaired) electrons. The molecular weight excluding hydrogens is 332 g/mol. The second kappa shape index (κ2) is 5.98. The van der Waals surface area contributed by atoms with E-state index in [0.717, 1.165) is 21.3 Å². The lowest BCUT2D eigenvalue weighted by molar-refractivity contribution is 0.100. The van der Waals surface area contributed by atoms with Crippen LogP contribution in [0.4, 0.5) is 10.8 Å². The molecule has 6 nitrogen and oxygen atoms in total. The molecule has 0 aliphatic heterocycles. The van der Waals surface area contributed by atoms with Gasteiger partial charge in [0.15, 0.2) is 5.13 Å². The Bertz CT molecular complexity index is 885. The summed E-state index contributed by atoms with van der Waals surface area (Å²) in [6.45, 7) is 3.91. The number of phenolic OH excluding ortho intramolecular Hbond substituents is 1. The Morgan fingerprint density at radius 1 is 1.30 bits per heavy atom. The Morgan fingerprint density at radius 2 is 2.09 bits per heavy atom. The van der Waals surface area contributed by atoms with Crippen molar-refractivity contribution in [1.29, 1.82) is 0 Å². The van der Waals surface area contributed by atoms with Crippen LogP contribution in [0.1, 0.15) is 21.1 Å². The van der Waals surface area contributed by atoms with E-state index in [1.54, 1.807) is 11.3 Å². The third-order valence-electron chi connectivity index (χ3n) is 3.16. The number of amides is 1. The molecule has 23 heavy (non-hydrogen) atoms. The van der Waals surface area contributed by atoms with E-state index in [9.17, 15) is 9.90 Å². The molecule has 2 heterocycles. The molecule has 4 N–H and O–H groups in total. The van der Waals surface area contributed by atoms with Gasteiger partial charge in [-0.3, -0.25) is 4.79 Å². The van der Waals surface area contributed by atoms with Crippen molar-refractivity contribution in [1.82, 2.24) is 9.97 Å². The first-order valence-electron chi connectivity index (χ1n) is 6.74. The minimum absolute atomic E-state index is 0.0246. The first kappa shape index (κ1) is 15.4. The summed E-state index contributed by atoms with van der Waals surface area (Å²) in [7, 11) is 0. The monoisotopic (exact) mass is 346 g/mol. The van der Waals surface area contributed by atoms with Gasteiger partial charge in [-0.15, -0.1) is 22.7 Å². The number of nitrogens with zero attached hydrogens (tertiary/aromatic N) is 2. The molecular formula is C15H14N4O2S2. The Labute approximate surface area is 140 Å². The number of anilines is 2. The van der Waals surface area contributed by atoms with Crippen molar-refractivity contribution < 1.29 is 9.90 Å². The second-order valence-electron chi connectivity index (χ2n) is 4.91. The number of rotatable bonds is 4. The molecule has 0 atom stereocenters. The van der Waals surface area contributed by atoms with Gasteiger partial charge >= 0.3 is 0 Å². The maximum atomic E-state index is 11.2. The number of nitrogens with one attached hydrogen (secondary N) is 1. The number of aromatic nitrogens is 2. The van der Waals surface area contributed by atoms with Crippen LogP contribution in [0.2, 0.25) is 0 Å². The quantitative estimate of drug-likeness (QED) is 0.628. The lowest BCUT2D eigenvalue weighted by Gasteiger charge is -2.06. The fourth-order valence-electron chi connectivity index (χ4n) is 2.11. The third-order valence-corrected chi connectivity index (χ3v) is 5.02. The molecule has 0 saturated heterocycles. The van der Waals surface area contributed by atoms with E-state index >= 15 is 0 Å². The van der Waals surface area contributed by atoms with Gasteiger partial charge in [0, 0.05) is 10.9 Å². The predicted octanol–water partition coefficient (Wildman–Crippen LogP) is 3.43. The van der Waals surface area contributed by atoms with Crippen molar-refractivity contribution in [3.63, 3.8) is 0 Å². The molecule has 0 spiro atoms. The number of nitrogens with two attached hydrogens (primary N) is 1. The molecule has 0 bridgehead atoms. The van der Waals surface area contributed by atoms with Crippen LogP contribution in [0.3, 0.4) is 0 Å². The number of hydrogen-bond donors (Lipinski definition) is 3. The van der Waals surface area contributed by atoms with Crippen LogP contribution in [0.5, 0.6) is 5.75 Å². The average molecular weight is 346 g/mol. The summed E-state index contributed by atoms with van der Waals surface area (Å²) in [4.78, 5) is 21.2. The highest BCUT2D eigenvalue weighted by Gasteiger charge is 2.13. The number of primary amides is 1. The summed E-state index contributed by atoms with van der Waals surface area (Å²) < 4.78 is 0. The molecule has 0 aliphatic rings. The van der Waals surface area contributed by atoms with Crippen molar-refractivity contribution in [2.45, 2.75) is 13.8 Å². The first-order valence-corrected chi connectivity index (χ1v) is 8.43. The Morgan fingerprint density at radius 3 is 2.74 bits per heavy atom. The van der Waals surface area contributed by atoms with Crippen LogP contribution < -0.4 is 11.1 Å². The number of carbonyl (C=O) groups is 1. The topological polar surface area (TPSA) is 101 Å². The van der Waals surface area contributed by atoms with E-state index in [-0.39, 0.29) is 5.75 Å². The maximum Gasteiger partial charge on any atom is 0.248 e. The van der Waals surface area contributed by atoms with Gasteiger partial charge in [-0.25, -0.2) is 9.97 Å². The molecule has 0 saturated carbocycles. The van der Waals surface area contributed by atoms with Gasteiger partial charge in [0.2, 0.25) is 5.91 Å². The van der Waals surface area contributed by atoms with E-state index in [1.807, 2.05) is 19.2 Å². The van der Waals surface area contributed by atoms with Gasteiger partial charge in [-0.05, 0) is 32.0 Å². The Kier molecular flexibility index (Phi) is 4.01. The zero-order chi connectivity index (χ0) is 16.6. The molecule has 0 unspecified atom stereocenters. The predicted molar refractivity (Wildman–Crippen MR) is 92.6 cm³/mol. The largest absolute Gasteiger partial charge is 0.506 e.